The Hall–Kier alpha value is -4.50. The van der Waals surface area contributed by atoms with Crippen molar-refractivity contribution in [2.45, 2.75) is 13.0 Å². The van der Waals surface area contributed by atoms with Gasteiger partial charge in [0.15, 0.2) is 0 Å². The fourth-order valence-electron chi connectivity index (χ4n) is 3.61. The van der Waals surface area contributed by atoms with E-state index < -0.39 is 0 Å². The molecule has 0 aliphatic heterocycles. The maximum absolute atomic E-state index is 13.4. The maximum Gasteiger partial charge on any atom is 0.245 e. The maximum atomic E-state index is 13.4. The van der Waals surface area contributed by atoms with E-state index in [1.807, 2.05) is 0 Å². The van der Waals surface area contributed by atoms with Gasteiger partial charge in [-0.1, -0.05) is 30.3 Å². The lowest BCUT2D eigenvalue weighted by molar-refractivity contribution is -0.125. The lowest BCUT2D eigenvalue weighted by Crippen LogP contribution is -2.28. The van der Waals surface area contributed by atoms with E-state index >= 15 is 0 Å². The van der Waals surface area contributed by atoms with Crippen molar-refractivity contribution in [2.75, 3.05) is 24.2 Å². The molecule has 0 bridgehead atoms. The third kappa shape index (κ3) is 6.83. The standard InChI is InChI=1S/C28H25ClFN5O3/c1-3-27(37)35(2)12-11-26(36)33-20-7-9-24-22(14-20)28(32-17-31-24)34-21-8-10-25(23(29)15-21)38-16-18-5-4-6-19(30)13-18/h3-10,13-15,17H,1,11-12,16H2,2H3,(H,33,36)(H,31,32,34). The van der Waals surface area contributed by atoms with E-state index in [-0.39, 0.29) is 37.2 Å². The molecule has 4 aromatic rings. The van der Waals surface area contributed by atoms with Crippen molar-refractivity contribution in [2.24, 2.45) is 0 Å². The highest BCUT2D eigenvalue weighted by atomic mass is 35.5. The van der Waals surface area contributed by atoms with E-state index in [4.69, 9.17) is 16.3 Å². The minimum absolute atomic E-state index is 0.136. The van der Waals surface area contributed by atoms with Gasteiger partial charge in [0.05, 0.1) is 10.5 Å². The molecule has 0 aliphatic rings. The summed E-state index contributed by atoms with van der Waals surface area (Å²) in [4.78, 5) is 34.1. The molecule has 2 N–H and O–H groups in total. The number of ether oxygens (including phenoxy) is 1. The van der Waals surface area contributed by atoms with Crippen LogP contribution < -0.4 is 15.4 Å². The first-order valence-electron chi connectivity index (χ1n) is 11.7. The number of hydrogen-bond donors (Lipinski definition) is 2. The third-order valence-electron chi connectivity index (χ3n) is 5.62. The molecule has 0 atom stereocenters. The highest BCUT2D eigenvalue weighted by Gasteiger charge is 2.11. The van der Waals surface area contributed by atoms with E-state index in [0.29, 0.717) is 44.4 Å². The number of aromatic nitrogens is 2. The molecule has 1 heterocycles. The van der Waals surface area contributed by atoms with Crippen molar-refractivity contribution >= 4 is 51.5 Å². The van der Waals surface area contributed by atoms with Crippen LogP contribution in [0, 0.1) is 5.82 Å². The molecule has 0 aliphatic carbocycles. The van der Waals surface area contributed by atoms with Crippen molar-refractivity contribution in [3.05, 3.63) is 96.0 Å². The van der Waals surface area contributed by atoms with Gasteiger partial charge in [0.2, 0.25) is 11.8 Å². The summed E-state index contributed by atoms with van der Waals surface area (Å²) in [6.45, 7) is 3.88. The fourth-order valence-corrected chi connectivity index (χ4v) is 3.85. The van der Waals surface area contributed by atoms with Gasteiger partial charge >= 0.3 is 0 Å². The quantitative estimate of drug-likeness (QED) is 0.253. The number of benzene rings is 3. The number of nitrogens with one attached hydrogen (secondary N) is 2. The molecule has 10 heteroatoms. The van der Waals surface area contributed by atoms with Crippen molar-refractivity contribution in [3.63, 3.8) is 0 Å². The van der Waals surface area contributed by atoms with Crippen LogP contribution in [0.3, 0.4) is 0 Å². The average molecular weight is 534 g/mol. The monoisotopic (exact) mass is 533 g/mol. The third-order valence-corrected chi connectivity index (χ3v) is 5.92. The molecule has 0 radical (unpaired) electrons. The van der Waals surface area contributed by atoms with Gasteiger partial charge in [0.25, 0.3) is 0 Å². The van der Waals surface area contributed by atoms with Gasteiger partial charge in [0.1, 0.15) is 30.3 Å². The summed E-state index contributed by atoms with van der Waals surface area (Å²) >= 11 is 6.43. The molecule has 2 amide bonds. The Labute approximate surface area is 224 Å². The molecule has 8 nitrogen and oxygen atoms in total. The smallest absolute Gasteiger partial charge is 0.245 e. The molecule has 194 valence electrons. The summed E-state index contributed by atoms with van der Waals surface area (Å²) in [5.74, 6) is 0.165. The zero-order valence-electron chi connectivity index (χ0n) is 20.6. The summed E-state index contributed by atoms with van der Waals surface area (Å²) in [5, 5.41) is 7.13. The van der Waals surface area contributed by atoms with E-state index in [0.717, 1.165) is 0 Å². The minimum atomic E-state index is -0.329. The van der Waals surface area contributed by atoms with E-state index in [1.165, 1.54) is 29.4 Å². The Morgan fingerprint density at radius 2 is 1.92 bits per heavy atom. The Bertz CT molecular complexity index is 1500. The minimum Gasteiger partial charge on any atom is -0.487 e. The number of anilines is 3. The second-order valence-electron chi connectivity index (χ2n) is 8.41. The number of nitrogens with zero attached hydrogens (tertiary/aromatic N) is 3. The molecule has 0 saturated heterocycles. The first-order valence-corrected chi connectivity index (χ1v) is 12.1. The normalized spacial score (nSPS) is 10.6. The van der Waals surface area contributed by atoms with Crippen molar-refractivity contribution in [1.82, 2.24) is 14.9 Å². The summed E-state index contributed by atoms with van der Waals surface area (Å²) in [5.41, 5.74) is 2.60. The molecule has 0 spiro atoms. The highest BCUT2D eigenvalue weighted by molar-refractivity contribution is 6.32. The summed E-state index contributed by atoms with van der Waals surface area (Å²) < 4.78 is 19.1. The second kappa shape index (κ2) is 12.2. The van der Waals surface area contributed by atoms with Crippen molar-refractivity contribution in [1.29, 1.82) is 0 Å². The molecule has 0 unspecified atom stereocenters. The summed E-state index contributed by atoms with van der Waals surface area (Å²) in [6, 6.07) is 16.7. The molecule has 3 aromatic carbocycles. The highest BCUT2D eigenvalue weighted by Crippen LogP contribution is 2.31. The number of amides is 2. The summed E-state index contributed by atoms with van der Waals surface area (Å²) in [6.07, 6.45) is 2.78. The summed E-state index contributed by atoms with van der Waals surface area (Å²) in [7, 11) is 1.61. The Morgan fingerprint density at radius 3 is 2.68 bits per heavy atom. The van der Waals surface area contributed by atoms with E-state index in [9.17, 15) is 14.0 Å². The first-order chi connectivity index (χ1) is 18.3. The SMILES string of the molecule is C=CC(=O)N(C)CCC(=O)Nc1ccc2ncnc(Nc3ccc(OCc4cccc(F)c4)c(Cl)c3)c2c1. The van der Waals surface area contributed by atoms with Gasteiger partial charge in [-0.15, -0.1) is 0 Å². The average Bonchev–Trinajstić information content (AvgIpc) is 2.91. The van der Waals surface area contributed by atoms with E-state index in [1.54, 1.807) is 55.6 Å². The second-order valence-corrected chi connectivity index (χ2v) is 8.81. The number of hydrogen-bond acceptors (Lipinski definition) is 6. The van der Waals surface area contributed by atoms with Crippen LogP contribution in [0.15, 0.2) is 79.6 Å². The lowest BCUT2D eigenvalue weighted by Gasteiger charge is -2.15. The molecular weight excluding hydrogens is 509 g/mol. The lowest BCUT2D eigenvalue weighted by atomic mass is 10.2. The Balaban J connectivity index is 1.44. The van der Waals surface area contributed by atoms with Crippen LogP contribution in [0.1, 0.15) is 12.0 Å². The molecule has 0 fully saturated rings. The van der Waals surface area contributed by atoms with Crippen LogP contribution in [0.2, 0.25) is 5.02 Å². The van der Waals surface area contributed by atoms with Crippen LogP contribution in [0.5, 0.6) is 5.75 Å². The largest absolute Gasteiger partial charge is 0.487 e. The van der Waals surface area contributed by atoms with Gasteiger partial charge < -0.3 is 20.3 Å². The number of halogens is 2. The van der Waals surface area contributed by atoms with Crippen LogP contribution in [-0.2, 0) is 16.2 Å². The van der Waals surface area contributed by atoms with E-state index in [2.05, 4.69) is 27.2 Å². The zero-order chi connectivity index (χ0) is 27.1. The topological polar surface area (TPSA) is 96.5 Å². The Kier molecular flexibility index (Phi) is 8.50. The zero-order valence-corrected chi connectivity index (χ0v) is 21.3. The molecular formula is C28H25ClFN5O3. The Morgan fingerprint density at radius 1 is 1.11 bits per heavy atom. The molecule has 1 aromatic heterocycles. The molecule has 0 saturated carbocycles. The van der Waals surface area contributed by atoms with Crippen molar-refractivity contribution in [3.8, 4) is 5.75 Å². The number of carbonyl (C=O) groups is 2. The number of carbonyl (C=O) groups excluding carboxylic acids is 2. The fraction of sp³-hybridized carbons (Fsp3) is 0.143. The number of fused-ring (bicyclic) bond motifs is 1. The van der Waals surface area contributed by atoms with Crippen LogP contribution >= 0.6 is 11.6 Å². The van der Waals surface area contributed by atoms with Gasteiger partial charge in [-0.3, -0.25) is 9.59 Å². The first kappa shape index (κ1) is 26.6. The van der Waals surface area contributed by atoms with Gasteiger partial charge in [0, 0.05) is 36.8 Å². The van der Waals surface area contributed by atoms with Crippen LogP contribution in [0.4, 0.5) is 21.6 Å². The van der Waals surface area contributed by atoms with Crippen LogP contribution in [0.25, 0.3) is 10.9 Å². The van der Waals surface area contributed by atoms with Gasteiger partial charge in [-0.25, -0.2) is 14.4 Å². The van der Waals surface area contributed by atoms with Crippen LogP contribution in [-0.4, -0.2) is 40.3 Å². The van der Waals surface area contributed by atoms with Gasteiger partial charge in [-0.05, 0) is 60.2 Å². The predicted octanol–water partition coefficient (Wildman–Crippen LogP) is 5.72. The predicted molar refractivity (Wildman–Crippen MR) is 146 cm³/mol. The molecule has 38 heavy (non-hydrogen) atoms. The molecule has 4 rings (SSSR count). The van der Waals surface area contributed by atoms with Crippen molar-refractivity contribution < 1.29 is 18.7 Å². The number of rotatable bonds is 10. The number of likely N-dealkylation sites (N-methyl/N-ethyl adjacent to an activating group) is 1. The van der Waals surface area contributed by atoms with Gasteiger partial charge in [-0.2, -0.15) is 0 Å².